The summed E-state index contributed by atoms with van der Waals surface area (Å²) in [6, 6.07) is 22.8. The van der Waals surface area contributed by atoms with Crippen molar-refractivity contribution in [2.75, 3.05) is 10.3 Å². The SMILES string of the molecule is O=C(Nc1ccc[nH]c1=O)C1=NN(c2ccccc2)C(c2ccccc2)C1. The van der Waals surface area contributed by atoms with E-state index in [1.54, 1.807) is 12.1 Å². The van der Waals surface area contributed by atoms with E-state index >= 15 is 0 Å². The third kappa shape index (κ3) is 3.50. The Labute approximate surface area is 156 Å². The lowest BCUT2D eigenvalue weighted by molar-refractivity contribution is -0.110. The summed E-state index contributed by atoms with van der Waals surface area (Å²) in [6.45, 7) is 0. The summed E-state index contributed by atoms with van der Waals surface area (Å²) in [4.78, 5) is 27.1. The lowest BCUT2D eigenvalue weighted by Crippen LogP contribution is -2.25. The van der Waals surface area contributed by atoms with Gasteiger partial charge in [0.2, 0.25) is 0 Å². The Morgan fingerprint density at radius 2 is 1.70 bits per heavy atom. The zero-order valence-electron chi connectivity index (χ0n) is 14.5. The molecular weight excluding hydrogens is 340 g/mol. The fourth-order valence-corrected chi connectivity index (χ4v) is 3.12. The molecule has 0 bridgehead atoms. The van der Waals surface area contributed by atoms with Gasteiger partial charge < -0.3 is 10.3 Å². The van der Waals surface area contributed by atoms with Crippen LogP contribution in [0.25, 0.3) is 0 Å². The maximum absolute atomic E-state index is 12.7. The third-order valence-corrected chi connectivity index (χ3v) is 4.44. The fraction of sp³-hybridized carbons (Fsp3) is 0.0952. The van der Waals surface area contributed by atoms with E-state index in [1.165, 1.54) is 6.20 Å². The highest BCUT2D eigenvalue weighted by Gasteiger charge is 2.32. The quantitative estimate of drug-likeness (QED) is 0.751. The molecule has 2 heterocycles. The van der Waals surface area contributed by atoms with Gasteiger partial charge in [0.1, 0.15) is 11.4 Å². The van der Waals surface area contributed by atoms with Crippen molar-refractivity contribution in [3.8, 4) is 0 Å². The van der Waals surface area contributed by atoms with Gasteiger partial charge in [-0.1, -0.05) is 48.5 Å². The molecule has 1 aromatic heterocycles. The van der Waals surface area contributed by atoms with E-state index in [0.29, 0.717) is 12.1 Å². The second kappa shape index (κ2) is 7.29. The van der Waals surface area contributed by atoms with Crippen LogP contribution in [0.1, 0.15) is 18.0 Å². The van der Waals surface area contributed by atoms with Crippen LogP contribution in [-0.2, 0) is 4.79 Å². The first-order valence-corrected chi connectivity index (χ1v) is 8.68. The minimum Gasteiger partial charge on any atom is -0.327 e. The maximum atomic E-state index is 12.7. The number of aromatic nitrogens is 1. The van der Waals surface area contributed by atoms with Crippen molar-refractivity contribution < 1.29 is 4.79 Å². The van der Waals surface area contributed by atoms with Crippen LogP contribution < -0.4 is 15.9 Å². The van der Waals surface area contributed by atoms with Crippen molar-refractivity contribution in [1.82, 2.24) is 4.98 Å². The first kappa shape index (κ1) is 16.8. The van der Waals surface area contributed by atoms with Crippen LogP contribution in [0.3, 0.4) is 0 Å². The number of anilines is 2. The number of carbonyl (C=O) groups is 1. The molecule has 0 saturated heterocycles. The van der Waals surface area contributed by atoms with Crippen LogP contribution in [0.2, 0.25) is 0 Å². The molecular formula is C21H18N4O2. The van der Waals surface area contributed by atoms with Gasteiger partial charge in [-0.3, -0.25) is 14.6 Å². The van der Waals surface area contributed by atoms with Crippen LogP contribution in [0.5, 0.6) is 0 Å². The number of hydrogen-bond donors (Lipinski definition) is 2. The molecule has 2 aromatic carbocycles. The third-order valence-electron chi connectivity index (χ3n) is 4.44. The van der Waals surface area contributed by atoms with Crippen molar-refractivity contribution in [2.24, 2.45) is 5.10 Å². The van der Waals surface area contributed by atoms with E-state index < -0.39 is 0 Å². The van der Waals surface area contributed by atoms with E-state index in [-0.39, 0.29) is 23.2 Å². The zero-order valence-corrected chi connectivity index (χ0v) is 14.5. The molecule has 1 unspecified atom stereocenters. The van der Waals surface area contributed by atoms with Gasteiger partial charge >= 0.3 is 0 Å². The van der Waals surface area contributed by atoms with Crippen LogP contribution >= 0.6 is 0 Å². The van der Waals surface area contributed by atoms with Crippen molar-refractivity contribution in [1.29, 1.82) is 0 Å². The molecule has 0 saturated carbocycles. The number of H-pyrrole nitrogens is 1. The number of rotatable bonds is 4. The molecule has 134 valence electrons. The molecule has 0 spiro atoms. The molecule has 1 atom stereocenters. The summed E-state index contributed by atoms with van der Waals surface area (Å²) in [5, 5.41) is 9.08. The van der Waals surface area contributed by atoms with Crippen molar-refractivity contribution in [3.05, 3.63) is 94.9 Å². The smallest absolute Gasteiger partial charge is 0.272 e. The van der Waals surface area contributed by atoms with Crippen LogP contribution in [0, 0.1) is 0 Å². The normalized spacial score (nSPS) is 16.1. The highest BCUT2D eigenvalue weighted by Crippen LogP contribution is 2.35. The topological polar surface area (TPSA) is 77.6 Å². The number of nitrogens with zero attached hydrogens (tertiary/aromatic N) is 2. The summed E-state index contributed by atoms with van der Waals surface area (Å²) in [5.74, 6) is -0.369. The van der Waals surface area contributed by atoms with E-state index in [2.05, 4.69) is 15.4 Å². The molecule has 6 nitrogen and oxygen atoms in total. The first-order chi connectivity index (χ1) is 13.2. The Bertz CT molecular complexity index is 1030. The number of para-hydroxylation sites is 1. The number of aromatic amines is 1. The van der Waals surface area contributed by atoms with Gasteiger partial charge in [0, 0.05) is 12.6 Å². The van der Waals surface area contributed by atoms with Gasteiger partial charge in [-0.2, -0.15) is 5.10 Å². The number of pyridine rings is 1. The molecule has 6 heteroatoms. The van der Waals surface area contributed by atoms with E-state index in [4.69, 9.17) is 0 Å². The van der Waals surface area contributed by atoms with Crippen LogP contribution in [-0.4, -0.2) is 16.6 Å². The Kier molecular flexibility index (Phi) is 4.53. The molecule has 0 fully saturated rings. The van der Waals surface area contributed by atoms with Crippen molar-refractivity contribution in [2.45, 2.75) is 12.5 Å². The summed E-state index contributed by atoms with van der Waals surface area (Å²) < 4.78 is 0. The van der Waals surface area contributed by atoms with Gasteiger partial charge in [0.25, 0.3) is 11.5 Å². The van der Waals surface area contributed by atoms with Crippen LogP contribution in [0.4, 0.5) is 11.4 Å². The van der Waals surface area contributed by atoms with Gasteiger partial charge in [0.15, 0.2) is 0 Å². The van der Waals surface area contributed by atoms with Crippen molar-refractivity contribution >= 4 is 23.0 Å². The average molecular weight is 358 g/mol. The Morgan fingerprint density at radius 1 is 1.00 bits per heavy atom. The Hall–Kier alpha value is -3.67. The summed E-state index contributed by atoms with van der Waals surface area (Å²) in [7, 11) is 0. The lowest BCUT2D eigenvalue weighted by atomic mass is 10.0. The fourth-order valence-electron chi connectivity index (χ4n) is 3.12. The number of benzene rings is 2. The van der Waals surface area contributed by atoms with E-state index in [1.807, 2.05) is 65.7 Å². The summed E-state index contributed by atoms with van der Waals surface area (Å²) in [5.41, 5.74) is 2.23. The number of nitrogens with one attached hydrogen (secondary N) is 2. The highest BCUT2D eigenvalue weighted by atomic mass is 16.2. The first-order valence-electron chi connectivity index (χ1n) is 8.68. The van der Waals surface area contributed by atoms with Gasteiger partial charge in [-0.15, -0.1) is 0 Å². The minimum absolute atomic E-state index is 0.0802. The molecule has 4 rings (SSSR count). The van der Waals surface area contributed by atoms with E-state index in [9.17, 15) is 9.59 Å². The number of amides is 1. The highest BCUT2D eigenvalue weighted by molar-refractivity contribution is 6.43. The molecule has 1 aliphatic rings. The Balaban J connectivity index is 1.64. The number of hydrazone groups is 1. The second-order valence-electron chi connectivity index (χ2n) is 6.22. The van der Waals surface area contributed by atoms with Crippen LogP contribution in [0.15, 0.2) is 88.9 Å². The standard InChI is InChI=1S/C21H18N4O2/c26-20-17(12-7-13-22-20)23-21(27)18-14-19(15-8-3-1-4-9-15)25(24-18)16-10-5-2-6-11-16/h1-13,19H,14H2,(H,22,26)(H,23,27). The predicted molar refractivity (Wildman–Crippen MR) is 106 cm³/mol. The number of hydrogen-bond acceptors (Lipinski definition) is 4. The molecule has 0 radical (unpaired) electrons. The minimum atomic E-state index is -0.369. The van der Waals surface area contributed by atoms with Gasteiger partial charge in [-0.25, -0.2) is 0 Å². The van der Waals surface area contributed by atoms with Crippen molar-refractivity contribution in [3.63, 3.8) is 0 Å². The lowest BCUT2D eigenvalue weighted by Gasteiger charge is -2.23. The molecule has 3 aromatic rings. The molecule has 2 N–H and O–H groups in total. The van der Waals surface area contributed by atoms with E-state index in [0.717, 1.165) is 11.3 Å². The molecule has 1 amide bonds. The Morgan fingerprint density at radius 3 is 2.41 bits per heavy atom. The summed E-state index contributed by atoms with van der Waals surface area (Å²) >= 11 is 0. The zero-order chi connectivity index (χ0) is 18.6. The average Bonchev–Trinajstić information content (AvgIpc) is 3.17. The maximum Gasteiger partial charge on any atom is 0.272 e. The largest absolute Gasteiger partial charge is 0.327 e. The monoisotopic (exact) mass is 358 g/mol. The predicted octanol–water partition coefficient (Wildman–Crippen LogP) is 3.32. The summed E-state index contributed by atoms with van der Waals surface area (Å²) in [6.07, 6.45) is 1.98. The molecule has 1 aliphatic heterocycles. The number of carbonyl (C=O) groups excluding carboxylic acids is 1. The van der Waals surface area contributed by atoms with Gasteiger partial charge in [0.05, 0.1) is 11.7 Å². The van der Waals surface area contributed by atoms with Gasteiger partial charge in [-0.05, 0) is 29.8 Å². The molecule has 0 aliphatic carbocycles. The second-order valence-corrected chi connectivity index (χ2v) is 6.22. The molecule has 27 heavy (non-hydrogen) atoms.